The molecule has 29 heteroatoms. The normalized spacial score (nSPS) is 14.6. The Labute approximate surface area is 550 Å². The zero-order valence-electron chi connectivity index (χ0n) is 54.3. The van der Waals surface area contributed by atoms with Crippen molar-refractivity contribution in [3.8, 4) is 16.9 Å². The van der Waals surface area contributed by atoms with Gasteiger partial charge in [0, 0.05) is 19.3 Å². The van der Waals surface area contributed by atoms with Crippen LogP contribution in [0.4, 0.5) is 4.39 Å². The first kappa shape index (κ1) is 78.0. The number of ether oxygens (including phenoxy) is 1. The number of carbonyl (C=O) groups excluding carboxylic acids is 10. The number of aryl methyl sites for hydroxylation is 4. The minimum atomic E-state index is -2.33. The van der Waals surface area contributed by atoms with E-state index >= 15 is 4.39 Å². The lowest BCUT2D eigenvalue weighted by Gasteiger charge is -2.34. The van der Waals surface area contributed by atoms with E-state index in [1.165, 1.54) is 18.2 Å². The minimum Gasteiger partial charge on any atom is -0.494 e. The molecular weight excluding hydrogens is 1240 g/mol. The highest BCUT2D eigenvalue weighted by Crippen LogP contribution is 2.29. The first-order valence-electron chi connectivity index (χ1n) is 31.2. The van der Waals surface area contributed by atoms with Crippen molar-refractivity contribution < 1.29 is 82.3 Å². The smallest absolute Gasteiger partial charge is 0.305 e. The molecule has 28 nitrogen and oxygen atoms in total. The van der Waals surface area contributed by atoms with E-state index in [0.29, 0.717) is 43.7 Å². The molecule has 95 heavy (non-hydrogen) atoms. The summed E-state index contributed by atoms with van der Waals surface area (Å²) in [6.07, 6.45) is -2.71. The topological polar surface area (TPSA) is 478 Å². The lowest BCUT2D eigenvalue weighted by molar-refractivity contribution is -0.142. The molecule has 0 aliphatic heterocycles. The molecule has 0 bridgehead atoms. The summed E-state index contributed by atoms with van der Waals surface area (Å²) in [5.41, 5.74) is 26.0. The fourth-order valence-corrected chi connectivity index (χ4v) is 10.2. The molecule has 4 rings (SSSR count). The van der Waals surface area contributed by atoms with Gasteiger partial charge in [-0.3, -0.25) is 52.7 Å². The van der Waals surface area contributed by atoms with Gasteiger partial charge in [0.05, 0.1) is 44.4 Å². The third kappa shape index (κ3) is 25.4. The maximum Gasteiger partial charge on any atom is 0.305 e. The quantitative estimate of drug-likeness (QED) is 0.0233. The fraction of sp³-hybridized carbons (Fsp3) is 0.470. The van der Waals surface area contributed by atoms with Crippen LogP contribution in [0.15, 0.2) is 84.9 Å². The van der Waals surface area contributed by atoms with Crippen molar-refractivity contribution in [1.29, 1.82) is 0 Å². The van der Waals surface area contributed by atoms with E-state index in [4.69, 9.17) is 27.7 Å². The van der Waals surface area contributed by atoms with Crippen molar-refractivity contribution in [1.82, 2.24) is 42.5 Å². The predicted molar refractivity (Wildman–Crippen MR) is 347 cm³/mol. The molecular formula is C66H91FN12O16. The maximum absolute atomic E-state index is 15.3. The Balaban J connectivity index is 1.59. The lowest BCUT2D eigenvalue weighted by Crippen LogP contribution is -2.67. The molecule has 0 heterocycles. The third-order valence-corrected chi connectivity index (χ3v) is 15.4. The number of primary amides is 2. The summed E-state index contributed by atoms with van der Waals surface area (Å²) in [6.45, 7) is 8.11. The average Bonchev–Trinajstić information content (AvgIpc) is 0.825. The number of hydrogen-bond donors (Lipinski definition) is 16. The number of aliphatic carboxylic acids is 1. The number of benzene rings is 4. The van der Waals surface area contributed by atoms with Gasteiger partial charge in [-0.2, -0.15) is 0 Å². The van der Waals surface area contributed by atoms with Crippen molar-refractivity contribution in [2.24, 2.45) is 22.9 Å². The molecule has 0 fully saturated rings. The average molecular weight is 1330 g/mol. The number of amides is 10. The molecule has 0 aliphatic carbocycles. The van der Waals surface area contributed by atoms with E-state index < -0.39 is 157 Å². The highest BCUT2D eigenvalue weighted by molar-refractivity contribution is 6.00. The van der Waals surface area contributed by atoms with Gasteiger partial charge in [-0.15, -0.1) is 0 Å². The van der Waals surface area contributed by atoms with Crippen LogP contribution in [0.1, 0.15) is 106 Å². The molecule has 10 atom stereocenters. The van der Waals surface area contributed by atoms with Crippen LogP contribution in [-0.4, -0.2) is 172 Å². The summed E-state index contributed by atoms with van der Waals surface area (Å²) in [4.78, 5) is 147. The van der Waals surface area contributed by atoms with E-state index in [0.717, 1.165) is 73.1 Å². The summed E-state index contributed by atoms with van der Waals surface area (Å²) in [7, 11) is 0. The Morgan fingerprint density at radius 3 is 1.84 bits per heavy atom. The number of nitrogens with one attached hydrogen (secondary N) is 8. The van der Waals surface area contributed by atoms with Crippen molar-refractivity contribution in [2.75, 3.05) is 26.3 Å². The van der Waals surface area contributed by atoms with E-state index in [2.05, 4.69) is 42.5 Å². The Morgan fingerprint density at radius 2 is 1.25 bits per heavy atom. The lowest BCUT2D eigenvalue weighted by atomic mass is 9.90. The number of aliphatic hydroxyl groups is 3. The van der Waals surface area contributed by atoms with Gasteiger partial charge in [0.1, 0.15) is 53.4 Å². The van der Waals surface area contributed by atoms with E-state index in [-0.39, 0.29) is 31.2 Å². The van der Waals surface area contributed by atoms with Crippen LogP contribution < -0.4 is 70.2 Å². The molecule has 0 unspecified atom stereocenters. The van der Waals surface area contributed by atoms with Gasteiger partial charge in [-0.05, 0) is 138 Å². The summed E-state index contributed by atoms with van der Waals surface area (Å²) in [6, 6.07) is 11.7. The van der Waals surface area contributed by atoms with Crippen LogP contribution in [-0.2, 0) is 78.4 Å². The Morgan fingerprint density at radius 1 is 0.653 bits per heavy atom. The Kier molecular flexibility index (Phi) is 31.3. The largest absolute Gasteiger partial charge is 0.494 e. The van der Waals surface area contributed by atoms with Gasteiger partial charge in [0.2, 0.25) is 59.1 Å². The summed E-state index contributed by atoms with van der Waals surface area (Å²) in [5, 5.41) is 60.6. The molecule has 0 aliphatic rings. The third-order valence-electron chi connectivity index (χ3n) is 15.4. The number of halogens is 1. The van der Waals surface area contributed by atoms with Crippen molar-refractivity contribution in [3.63, 3.8) is 0 Å². The number of nitrogens with two attached hydrogens (primary N) is 4. The van der Waals surface area contributed by atoms with Crippen LogP contribution in [0.25, 0.3) is 11.1 Å². The summed E-state index contributed by atoms with van der Waals surface area (Å²) >= 11 is 0. The fourth-order valence-electron chi connectivity index (χ4n) is 10.2. The van der Waals surface area contributed by atoms with Crippen LogP contribution in [0.2, 0.25) is 0 Å². The van der Waals surface area contributed by atoms with Crippen molar-refractivity contribution >= 4 is 65.0 Å². The van der Waals surface area contributed by atoms with Crippen LogP contribution >= 0.6 is 0 Å². The minimum absolute atomic E-state index is 0.0898. The predicted octanol–water partition coefficient (Wildman–Crippen LogP) is -1.20. The number of rotatable bonds is 40. The standard InChI is InChI=1S/C66H91FN12O16/c1-7-42-31-45(95-26-11-10-25-68)21-22-46(42)43-19-17-40(18-20-43)30-50(60(89)73-49(58(71)87)16-12-13-41-28-36(2)27-37(3)29-41)74-61(90)51(32-55(85)86)75-62(91)52(35-80)76-63(92)56(38(4)81)78-65(94)66(6,33-44-14-8-9-15-47(44)67)79-64(93)57(39(5)82)77-54(84)34-72-59(88)48(69)23-24-53(70)83/h8-9,14-15,17-22,27-29,31,38-39,48-52,56-57,80-82H,7,10-13,16,23-26,30,32-35,68-69H2,1-6H3,(H2,70,83)(H2,71,87)(H,72,88)(H,73,89)(H,74,90)(H,75,91)(H,76,92)(H,77,84)(H,78,94)(H,79,93)(H,85,86)/t38-,39-,48+,49+,50+,51+,52+,56+,57+,66+/m1/s1. The molecule has 0 radical (unpaired) electrons. The second-order valence-electron chi connectivity index (χ2n) is 23.6. The number of aliphatic hydroxyl groups excluding tert-OH is 3. The van der Waals surface area contributed by atoms with Crippen molar-refractivity contribution in [2.45, 2.75) is 172 Å². The van der Waals surface area contributed by atoms with Gasteiger partial charge in [0.15, 0.2) is 0 Å². The molecule has 4 aromatic rings. The molecule has 20 N–H and O–H groups in total. The number of carbonyl (C=O) groups is 11. The molecule has 0 spiro atoms. The highest BCUT2D eigenvalue weighted by atomic mass is 19.1. The summed E-state index contributed by atoms with van der Waals surface area (Å²) < 4.78 is 21.2. The second-order valence-corrected chi connectivity index (χ2v) is 23.6. The van der Waals surface area contributed by atoms with E-state index in [1.807, 2.05) is 57.2 Å². The molecule has 4 aromatic carbocycles. The second kappa shape index (κ2) is 38.1. The Hall–Kier alpha value is -9.42. The van der Waals surface area contributed by atoms with E-state index in [1.54, 1.807) is 24.3 Å². The molecule has 518 valence electrons. The van der Waals surface area contributed by atoms with Gasteiger partial charge < -0.3 is 90.6 Å². The zero-order chi connectivity index (χ0) is 70.7. The number of carboxylic acid groups (broad SMARTS) is 1. The maximum atomic E-state index is 15.3. The van der Waals surface area contributed by atoms with Crippen LogP contribution in [0.3, 0.4) is 0 Å². The monoisotopic (exact) mass is 1330 g/mol. The SMILES string of the molecule is CCc1cc(OCCCCN)ccc1-c1ccc(C[C@H](NC(=O)[C@H](CC(=O)O)NC(=O)[C@H](CO)NC(=O)[C@@H](NC(=O)[C@](C)(Cc2ccccc2F)NC(=O)[C@@H](NC(=O)CNC(=O)[C@@H](N)CCC(N)=O)[C@@H](C)O)[C@@H](C)O)C(=O)N[C@@H](CCCc2cc(C)cc(C)c2)C(N)=O)cc1. The van der Waals surface area contributed by atoms with E-state index in [9.17, 15) is 73.2 Å². The number of carboxylic acids is 1. The van der Waals surface area contributed by atoms with Gasteiger partial charge in [-0.25, -0.2) is 4.39 Å². The first-order valence-corrected chi connectivity index (χ1v) is 31.2. The summed E-state index contributed by atoms with van der Waals surface area (Å²) in [5.74, 6) is -12.7. The van der Waals surface area contributed by atoms with Gasteiger partial charge in [0.25, 0.3) is 0 Å². The number of hydrogen-bond acceptors (Lipinski definition) is 17. The van der Waals surface area contributed by atoms with Crippen LogP contribution in [0.5, 0.6) is 5.75 Å². The van der Waals surface area contributed by atoms with Gasteiger partial charge in [-0.1, -0.05) is 84.8 Å². The molecule has 0 saturated heterocycles. The van der Waals surface area contributed by atoms with Crippen LogP contribution in [0, 0.1) is 19.7 Å². The molecule has 0 saturated carbocycles. The Bertz CT molecular complexity index is 3310. The molecule has 0 aromatic heterocycles. The zero-order valence-corrected chi connectivity index (χ0v) is 54.3. The van der Waals surface area contributed by atoms with Crippen molar-refractivity contribution in [3.05, 3.63) is 124 Å². The van der Waals surface area contributed by atoms with Gasteiger partial charge >= 0.3 is 5.97 Å². The highest BCUT2D eigenvalue weighted by Gasteiger charge is 2.42. The number of unbranched alkanes of at least 4 members (excludes halogenated alkanes) is 1. The first-order chi connectivity index (χ1) is 44.9. The molecule has 10 amide bonds.